The Hall–Kier alpha value is -3.60. The fourth-order valence-electron chi connectivity index (χ4n) is 13.6. The summed E-state index contributed by atoms with van der Waals surface area (Å²) in [6.45, 7) is 3.91. The van der Waals surface area contributed by atoms with Crippen molar-refractivity contribution >= 4 is 55.7 Å². The van der Waals surface area contributed by atoms with Crippen molar-refractivity contribution in [2.24, 2.45) is 0 Å². The Bertz CT molecular complexity index is 2120. The van der Waals surface area contributed by atoms with Crippen LogP contribution >= 0.6 is 31.9 Å². The lowest BCUT2D eigenvalue weighted by molar-refractivity contribution is -0.244. The number of benzene rings is 2. The van der Waals surface area contributed by atoms with E-state index in [9.17, 15) is 9.59 Å². The lowest BCUT2D eigenvalue weighted by atomic mass is 9.56. The Morgan fingerprint density at radius 1 is 0.714 bits per heavy atom. The van der Waals surface area contributed by atoms with Crippen LogP contribution in [0.3, 0.4) is 0 Å². The number of piperidine rings is 2. The van der Waals surface area contributed by atoms with Crippen molar-refractivity contribution in [1.82, 2.24) is 9.80 Å². The van der Waals surface area contributed by atoms with Crippen LogP contribution in [0.4, 0.5) is 0 Å². The number of hydrogen-bond acceptors (Lipinski definition) is 14. The van der Waals surface area contributed by atoms with Crippen LogP contribution in [-0.4, -0.2) is 122 Å². The zero-order valence-electron chi connectivity index (χ0n) is 31.7. The quantitative estimate of drug-likeness (QED) is 0.326. The third-order valence-corrected chi connectivity index (χ3v) is 16.7. The maximum Gasteiger partial charge on any atom is 0.356 e. The zero-order chi connectivity index (χ0) is 39.3. The SMILES string of the molecule is COc1cc(Br)c2c3c1O[C@@H]1[C@]34CCN(C)[C@H](C2)[C@]4(OC(C)=O)C[C@]12OC(=O)[C@@]1(C[C@@]3(OC(C)=O)[C@H]4Cc5c(Br)cc(OC)c6c5[C@@]3(CCN4C)[C@H]1O6)OC2=O. The van der Waals surface area contributed by atoms with E-state index >= 15 is 9.59 Å². The van der Waals surface area contributed by atoms with Crippen molar-refractivity contribution in [1.29, 1.82) is 0 Å². The second-order valence-corrected chi connectivity index (χ2v) is 18.9. The molecular weight excluding hydrogens is 860 g/mol. The molecule has 10 atom stereocenters. The van der Waals surface area contributed by atoms with Gasteiger partial charge in [0.1, 0.15) is 11.2 Å². The molecule has 16 heteroatoms. The first-order valence-corrected chi connectivity index (χ1v) is 20.6. The molecule has 11 rings (SSSR count). The molecule has 0 aromatic heterocycles. The highest BCUT2D eigenvalue weighted by molar-refractivity contribution is 9.10. The van der Waals surface area contributed by atoms with Crippen LogP contribution in [0.2, 0.25) is 0 Å². The van der Waals surface area contributed by atoms with Crippen molar-refractivity contribution in [2.45, 2.75) is 110 Å². The van der Waals surface area contributed by atoms with Crippen molar-refractivity contribution in [2.75, 3.05) is 41.4 Å². The number of hydrogen-bond donors (Lipinski definition) is 0. The smallest absolute Gasteiger partial charge is 0.356 e. The summed E-state index contributed by atoms with van der Waals surface area (Å²) < 4.78 is 53.7. The van der Waals surface area contributed by atoms with E-state index in [1.165, 1.54) is 28.1 Å². The Kier molecular flexibility index (Phi) is 6.80. The van der Waals surface area contributed by atoms with Crippen LogP contribution in [0.1, 0.15) is 61.8 Å². The monoisotopic (exact) mass is 898 g/mol. The summed E-state index contributed by atoms with van der Waals surface area (Å²) in [7, 11) is 7.03. The molecule has 296 valence electrons. The molecule has 0 amide bonds. The number of likely N-dealkylation sites (N-methyl/N-ethyl adjacent to an activating group) is 2. The molecule has 14 nitrogen and oxygen atoms in total. The molecule has 4 bridgehead atoms. The summed E-state index contributed by atoms with van der Waals surface area (Å²) in [4.78, 5) is 61.9. The minimum absolute atomic E-state index is 0.185. The molecule has 56 heavy (non-hydrogen) atoms. The first-order chi connectivity index (χ1) is 26.6. The summed E-state index contributed by atoms with van der Waals surface area (Å²) in [5, 5.41) is 0. The lowest BCUT2D eigenvalue weighted by Gasteiger charge is -2.58. The highest BCUT2D eigenvalue weighted by atomic mass is 79.9. The van der Waals surface area contributed by atoms with Gasteiger partial charge in [-0.15, -0.1) is 0 Å². The van der Waals surface area contributed by atoms with E-state index in [4.69, 9.17) is 37.9 Å². The first-order valence-electron chi connectivity index (χ1n) is 19.0. The molecular formula is C40H40Br2N2O12. The van der Waals surface area contributed by atoms with Crippen LogP contribution in [-0.2, 0) is 61.8 Å². The molecule has 4 aliphatic carbocycles. The predicted octanol–water partition coefficient (Wildman–Crippen LogP) is 3.44. The predicted molar refractivity (Wildman–Crippen MR) is 199 cm³/mol. The molecule has 9 aliphatic rings. The Morgan fingerprint density at radius 2 is 1.11 bits per heavy atom. The van der Waals surface area contributed by atoms with Crippen molar-refractivity contribution in [3.05, 3.63) is 43.3 Å². The summed E-state index contributed by atoms with van der Waals surface area (Å²) >= 11 is 7.56. The van der Waals surface area contributed by atoms with Gasteiger partial charge < -0.3 is 37.9 Å². The third-order valence-electron chi connectivity index (χ3n) is 15.2. The molecule has 2 saturated carbocycles. The van der Waals surface area contributed by atoms with Gasteiger partial charge in [0.05, 0.1) is 37.1 Å². The van der Waals surface area contributed by atoms with Gasteiger partial charge >= 0.3 is 23.9 Å². The van der Waals surface area contributed by atoms with E-state index in [0.29, 0.717) is 61.8 Å². The lowest BCUT2D eigenvalue weighted by Crippen LogP contribution is -2.72. The molecule has 3 saturated heterocycles. The Balaban J connectivity index is 1.11. The number of ether oxygens (including phenoxy) is 8. The van der Waals surface area contributed by atoms with Gasteiger partial charge in [-0.05, 0) is 76.1 Å². The minimum atomic E-state index is -2.04. The second kappa shape index (κ2) is 10.7. The Morgan fingerprint density at radius 3 is 1.46 bits per heavy atom. The number of fused-ring (bicyclic) bond motifs is 2. The third kappa shape index (κ3) is 3.54. The van der Waals surface area contributed by atoms with Gasteiger partial charge in [-0.3, -0.25) is 19.4 Å². The molecule has 4 spiro atoms. The van der Waals surface area contributed by atoms with Gasteiger partial charge in [-0.2, -0.15) is 0 Å². The second-order valence-electron chi connectivity index (χ2n) is 17.2. The van der Waals surface area contributed by atoms with Gasteiger partial charge in [-0.25, -0.2) is 9.59 Å². The molecule has 0 unspecified atom stereocenters. The fourth-order valence-corrected chi connectivity index (χ4v) is 14.7. The number of esters is 4. The normalized spacial score (nSPS) is 41.4. The molecule has 5 fully saturated rings. The first kappa shape index (κ1) is 35.6. The van der Waals surface area contributed by atoms with Gasteiger partial charge in [0, 0.05) is 46.8 Å². The minimum Gasteiger partial charge on any atom is -0.493 e. The molecule has 5 heterocycles. The average molecular weight is 901 g/mol. The average Bonchev–Trinajstić information content (AvgIpc) is 3.81. The number of rotatable bonds is 4. The van der Waals surface area contributed by atoms with Crippen molar-refractivity contribution in [3.8, 4) is 23.0 Å². The molecule has 2 aromatic carbocycles. The molecule has 5 aliphatic heterocycles. The molecule has 0 radical (unpaired) electrons. The van der Waals surface area contributed by atoms with Gasteiger partial charge in [0.25, 0.3) is 0 Å². The maximum absolute atomic E-state index is 15.6. The maximum atomic E-state index is 15.6. The van der Waals surface area contributed by atoms with Crippen LogP contribution in [0, 0.1) is 0 Å². The Labute approximate surface area is 338 Å². The summed E-state index contributed by atoms with van der Waals surface area (Å²) in [5.74, 6) is -1.01. The zero-order valence-corrected chi connectivity index (χ0v) is 34.8. The number of halogens is 2. The highest BCUT2D eigenvalue weighted by Crippen LogP contribution is 2.75. The molecule has 2 aromatic rings. The van der Waals surface area contributed by atoms with Crippen molar-refractivity contribution in [3.63, 3.8) is 0 Å². The van der Waals surface area contributed by atoms with Gasteiger partial charge in [0.2, 0.25) is 11.2 Å². The van der Waals surface area contributed by atoms with E-state index in [1.807, 2.05) is 26.2 Å². The fraction of sp³-hybridized carbons (Fsp3) is 0.600. The summed E-state index contributed by atoms with van der Waals surface area (Å²) in [6, 6.07) is 2.88. The number of likely N-dealkylation sites (tertiary alicyclic amines) is 2. The van der Waals surface area contributed by atoms with E-state index in [1.54, 1.807) is 0 Å². The van der Waals surface area contributed by atoms with Crippen LogP contribution in [0.15, 0.2) is 21.1 Å². The van der Waals surface area contributed by atoms with Crippen molar-refractivity contribution < 1.29 is 57.1 Å². The summed E-state index contributed by atoms with van der Waals surface area (Å²) in [5.41, 5.74) is -5.49. The van der Waals surface area contributed by atoms with E-state index in [-0.39, 0.29) is 12.8 Å². The van der Waals surface area contributed by atoms with Crippen LogP contribution in [0.5, 0.6) is 23.0 Å². The largest absolute Gasteiger partial charge is 0.493 e. The standard InChI is InChI=1S/C40H40Br2N2O12/c1-17(45)53-39-15-37(31-35(39)7-9-43(3)25(39)11-19-21(41)13-23(49-5)29(51-31)27(19)35)33(47)56-38(34(48)55-37)16-40(54-18(2)46)26-12-20-22(42)14-24(50-6)30-28(20)36(40,32(38)52-30)8-10-44(26)4/h13-14,25-26,31-32H,7-12,15-16H2,1-6H3/t25-,26-,31-,32-,35+,36+,37+,38+,39-,40-/m1/s1. The van der Waals surface area contributed by atoms with E-state index < -0.39 is 81.4 Å². The summed E-state index contributed by atoms with van der Waals surface area (Å²) in [6.07, 6.45) is -0.833. The van der Waals surface area contributed by atoms with E-state index in [0.717, 1.165) is 31.2 Å². The number of carbonyl (C=O) groups excluding carboxylic acids is 4. The van der Waals surface area contributed by atoms with Gasteiger partial charge in [-0.1, -0.05) is 31.9 Å². The van der Waals surface area contributed by atoms with Crippen LogP contribution in [0.25, 0.3) is 0 Å². The number of methoxy groups -OCH3 is 2. The number of nitrogens with zero attached hydrogens (tertiary/aromatic N) is 2. The molecule has 0 N–H and O–H groups in total. The van der Waals surface area contributed by atoms with E-state index in [2.05, 4.69) is 41.7 Å². The number of carbonyl (C=O) groups is 4. The highest BCUT2D eigenvalue weighted by Gasteiger charge is 2.91. The van der Waals surface area contributed by atoms with Crippen LogP contribution < -0.4 is 18.9 Å². The van der Waals surface area contributed by atoms with Gasteiger partial charge in [0.15, 0.2) is 35.2 Å². The topological polar surface area (TPSA) is 149 Å².